The van der Waals surface area contributed by atoms with Gasteiger partial charge in [-0.05, 0) is 84.5 Å². The van der Waals surface area contributed by atoms with Crippen LogP contribution in [0, 0.1) is 11.3 Å². The van der Waals surface area contributed by atoms with E-state index in [9.17, 15) is 10.1 Å². The molecule has 12 heteroatoms. The summed E-state index contributed by atoms with van der Waals surface area (Å²) in [5.74, 6) is 1.71. The minimum atomic E-state index is -0.475. The largest absolute Gasteiger partial charge is 0.494 e. The van der Waals surface area contributed by atoms with Gasteiger partial charge < -0.3 is 34.2 Å². The van der Waals surface area contributed by atoms with Gasteiger partial charge in [0.15, 0.2) is 0 Å². The van der Waals surface area contributed by atoms with Gasteiger partial charge in [0, 0.05) is 81.6 Å². The van der Waals surface area contributed by atoms with Crippen LogP contribution in [-0.4, -0.2) is 116 Å². The number of carbonyl (C=O) groups excluding carboxylic acids is 1. The molecular weight excluding hydrogens is 620 g/mol. The molecule has 0 spiro atoms. The summed E-state index contributed by atoms with van der Waals surface area (Å²) in [6, 6.07) is 14.4. The summed E-state index contributed by atoms with van der Waals surface area (Å²) in [6.45, 7) is 13.5. The van der Waals surface area contributed by atoms with Crippen molar-refractivity contribution >= 4 is 23.4 Å². The zero-order chi connectivity index (χ0) is 35.1. The second-order valence-electron chi connectivity index (χ2n) is 14.0. The summed E-state index contributed by atoms with van der Waals surface area (Å²) in [5, 5.41) is 12.9. The Kier molecular flexibility index (Phi) is 11.5. The first-order chi connectivity index (χ1) is 23.4. The van der Waals surface area contributed by atoms with Gasteiger partial charge in [-0.3, -0.25) is 4.90 Å². The Morgan fingerprint density at radius 2 is 1.69 bits per heavy atom. The fourth-order valence-electron chi connectivity index (χ4n) is 6.39. The molecule has 1 N–H and O–H groups in total. The topological polar surface area (TPSA) is 119 Å². The first kappa shape index (κ1) is 35.7. The summed E-state index contributed by atoms with van der Waals surface area (Å²) in [5.41, 5.74) is 3.59. The van der Waals surface area contributed by atoms with Gasteiger partial charge in [0.2, 0.25) is 5.95 Å². The molecule has 3 aromatic rings. The van der Waals surface area contributed by atoms with E-state index in [2.05, 4.69) is 43.3 Å². The summed E-state index contributed by atoms with van der Waals surface area (Å²) in [6.07, 6.45) is 5.35. The van der Waals surface area contributed by atoms with Gasteiger partial charge in [-0.1, -0.05) is 6.07 Å². The monoisotopic (exact) mass is 670 g/mol. The highest BCUT2D eigenvalue weighted by molar-refractivity contribution is 5.70. The number of amides is 1. The zero-order valence-electron chi connectivity index (χ0n) is 29.9. The fraction of sp³-hybridized carbons (Fsp3) is 0.514. The third-order valence-electron chi connectivity index (χ3n) is 8.78. The van der Waals surface area contributed by atoms with Crippen LogP contribution in [0.5, 0.6) is 11.5 Å². The third-order valence-corrected chi connectivity index (χ3v) is 8.78. The number of nitriles is 1. The molecule has 0 unspecified atom stereocenters. The molecule has 3 heterocycles. The van der Waals surface area contributed by atoms with Crippen LogP contribution in [0.15, 0.2) is 48.8 Å². The molecule has 1 aromatic heterocycles. The lowest BCUT2D eigenvalue weighted by Gasteiger charge is -2.43. The van der Waals surface area contributed by atoms with E-state index in [4.69, 9.17) is 14.2 Å². The van der Waals surface area contributed by atoms with Crippen molar-refractivity contribution in [2.24, 2.45) is 0 Å². The molecule has 1 atom stereocenters. The number of rotatable bonds is 10. The number of carbonyl (C=O) groups is 1. The summed E-state index contributed by atoms with van der Waals surface area (Å²) in [4.78, 5) is 30.4. The highest BCUT2D eigenvalue weighted by Crippen LogP contribution is 2.34. The molecule has 0 bridgehead atoms. The third kappa shape index (κ3) is 9.52. The molecular formula is C37H50N8O4. The van der Waals surface area contributed by atoms with Crippen molar-refractivity contribution in [3.05, 3.63) is 54.4 Å². The predicted molar refractivity (Wildman–Crippen MR) is 192 cm³/mol. The Balaban J connectivity index is 1.16. The van der Waals surface area contributed by atoms with Gasteiger partial charge >= 0.3 is 6.09 Å². The van der Waals surface area contributed by atoms with Gasteiger partial charge in [0.1, 0.15) is 29.3 Å². The van der Waals surface area contributed by atoms with Gasteiger partial charge in [-0.25, -0.2) is 14.8 Å². The van der Waals surface area contributed by atoms with E-state index >= 15 is 0 Å². The average Bonchev–Trinajstić information content (AvgIpc) is 3.08. The van der Waals surface area contributed by atoms with Crippen LogP contribution >= 0.6 is 0 Å². The number of piperidine rings is 1. The van der Waals surface area contributed by atoms with Crippen molar-refractivity contribution in [2.45, 2.75) is 58.3 Å². The van der Waals surface area contributed by atoms with Crippen LogP contribution in [-0.2, 0) is 4.74 Å². The molecule has 5 rings (SSSR count). The molecule has 49 heavy (non-hydrogen) atoms. The van der Waals surface area contributed by atoms with Gasteiger partial charge in [-0.15, -0.1) is 0 Å². The molecule has 0 saturated carbocycles. The minimum absolute atomic E-state index is 0.0756. The van der Waals surface area contributed by atoms with Crippen LogP contribution in [0.3, 0.4) is 0 Å². The van der Waals surface area contributed by atoms with E-state index in [1.807, 2.05) is 69.8 Å². The van der Waals surface area contributed by atoms with E-state index in [0.29, 0.717) is 42.1 Å². The first-order valence-corrected chi connectivity index (χ1v) is 17.0. The van der Waals surface area contributed by atoms with Crippen LogP contribution in [0.4, 0.5) is 22.1 Å². The summed E-state index contributed by atoms with van der Waals surface area (Å²) in [7, 11) is 5.65. The van der Waals surface area contributed by atoms with E-state index in [0.717, 1.165) is 68.1 Å². The molecule has 2 aromatic carbocycles. The van der Waals surface area contributed by atoms with E-state index in [1.165, 1.54) is 0 Å². The number of methoxy groups -OCH3 is 1. The molecule has 1 amide bonds. The van der Waals surface area contributed by atoms with Crippen molar-refractivity contribution in [3.8, 4) is 28.7 Å². The van der Waals surface area contributed by atoms with Crippen LogP contribution in [0.2, 0.25) is 0 Å². The van der Waals surface area contributed by atoms with Gasteiger partial charge in [0.25, 0.3) is 0 Å². The van der Waals surface area contributed by atoms with Crippen molar-refractivity contribution in [2.75, 3.05) is 77.2 Å². The Hall–Kier alpha value is -4.60. The van der Waals surface area contributed by atoms with E-state index in [1.54, 1.807) is 25.6 Å². The number of nitrogens with zero attached hydrogens (tertiary/aromatic N) is 7. The molecule has 0 radical (unpaired) electrons. The maximum atomic E-state index is 12.5. The van der Waals surface area contributed by atoms with Crippen molar-refractivity contribution in [1.29, 1.82) is 5.26 Å². The number of likely N-dealkylation sites (N-methyl/N-ethyl adjacent to an activating group) is 1. The zero-order valence-corrected chi connectivity index (χ0v) is 29.9. The number of piperazine rings is 1. The first-order valence-electron chi connectivity index (χ1n) is 17.0. The minimum Gasteiger partial charge on any atom is -0.494 e. The van der Waals surface area contributed by atoms with Gasteiger partial charge in [0.05, 0.1) is 18.4 Å². The maximum absolute atomic E-state index is 12.5. The van der Waals surface area contributed by atoms with Crippen LogP contribution < -0.4 is 19.7 Å². The average molecular weight is 671 g/mol. The molecule has 2 aliphatic heterocycles. The number of hydrogen-bond acceptors (Lipinski definition) is 11. The molecule has 262 valence electrons. The number of hydrogen-bond donors (Lipinski definition) is 1. The Labute approximate surface area is 290 Å². The van der Waals surface area contributed by atoms with E-state index < -0.39 is 5.60 Å². The molecule has 2 saturated heterocycles. The highest BCUT2D eigenvalue weighted by Gasteiger charge is 2.31. The predicted octanol–water partition coefficient (Wildman–Crippen LogP) is 5.62. The lowest BCUT2D eigenvalue weighted by molar-refractivity contribution is 0.00901. The number of aromatic nitrogens is 2. The number of ether oxygens (including phenoxy) is 3. The molecule has 0 aliphatic carbocycles. The summed E-state index contributed by atoms with van der Waals surface area (Å²) >= 11 is 0. The van der Waals surface area contributed by atoms with Gasteiger partial charge in [-0.2, -0.15) is 5.26 Å². The standard InChI is InChI=1S/C37H50N8O4/c1-26(25-42(5)6)48-33-20-27(8-9-28(33)22-38)29-23-39-35(40-24-29)41-32-11-10-31(21-34(32)47-7)43-14-12-30(13-15-43)44-16-18-45(19-17-44)36(46)49-37(2,3)4/h8-11,20-21,23-24,26,30H,12-19,25H2,1-7H3,(H,39,40,41)/t26-/m0/s1. The number of benzene rings is 2. The van der Waals surface area contributed by atoms with Crippen molar-refractivity contribution in [3.63, 3.8) is 0 Å². The Bertz CT molecular complexity index is 1600. The van der Waals surface area contributed by atoms with Crippen LogP contribution in [0.25, 0.3) is 11.1 Å². The van der Waals surface area contributed by atoms with Crippen molar-refractivity contribution < 1.29 is 19.0 Å². The molecule has 2 fully saturated rings. The normalized spacial score (nSPS) is 16.6. The Morgan fingerprint density at radius 1 is 1.00 bits per heavy atom. The lowest BCUT2D eigenvalue weighted by atomic mass is 10.0. The number of anilines is 3. The highest BCUT2D eigenvalue weighted by atomic mass is 16.6. The second kappa shape index (κ2) is 15.7. The summed E-state index contributed by atoms with van der Waals surface area (Å²) < 4.78 is 17.4. The number of nitrogens with one attached hydrogen (secondary N) is 1. The van der Waals surface area contributed by atoms with Crippen molar-refractivity contribution in [1.82, 2.24) is 24.7 Å². The van der Waals surface area contributed by atoms with E-state index in [-0.39, 0.29) is 12.2 Å². The Morgan fingerprint density at radius 3 is 2.31 bits per heavy atom. The quantitative estimate of drug-likeness (QED) is 0.290. The molecule has 2 aliphatic rings. The molecule has 12 nitrogen and oxygen atoms in total. The van der Waals surface area contributed by atoms with Crippen LogP contribution in [0.1, 0.15) is 46.1 Å². The smallest absolute Gasteiger partial charge is 0.410 e. The second-order valence-corrected chi connectivity index (χ2v) is 14.0. The lowest BCUT2D eigenvalue weighted by Crippen LogP contribution is -2.55. The SMILES string of the molecule is COc1cc(N2CCC(N3CCN(C(=O)OC(C)(C)C)CC3)CC2)ccc1Nc1ncc(-c2ccc(C#N)c(O[C@@H](C)CN(C)C)c2)cn1. The fourth-order valence-corrected chi connectivity index (χ4v) is 6.39. The maximum Gasteiger partial charge on any atom is 0.410 e.